The second kappa shape index (κ2) is 11.7. The highest BCUT2D eigenvalue weighted by Gasteiger charge is 2.60. The van der Waals surface area contributed by atoms with Crippen molar-refractivity contribution in [2.75, 3.05) is 6.16 Å². The minimum atomic E-state index is -0.643. The minimum Gasteiger partial charge on any atom is -0.371 e. The standard InChI is InChI=1S/C26H43O7P3/c1-14(2)9-25(15(3)4)12-21-24(33-25)17(6)11-26(32-21)10-16(5)23-20(31-26)8-19(30-23)22(36-29)7-18(35-28)13-34-27/h14-24H,7-13H2,1-6H3/t16-,17-,18+,19-,20-,21-,22-,23-,24-,25-,26+/m0/s1. The number of hydrogen-bond acceptors (Lipinski definition) is 7. The summed E-state index contributed by atoms with van der Waals surface area (Å²) in [5.41, 5.74) is -0.743. The van der Waals surface area contributed by atoms with E-state index in [0.29, 0.717) is 30.6 Å². The zero-order chi connectivity index (χ0) is 26.3. The Hall–Kier alpha value is 0.140. The Labute approximate surface area is 221 Å². The van der Waals surface area contributed by atoms with E-state index >= 15 is 0 Å². The molecule has 10 heteroatoms. The number of ether oxygens (including phenoxy) is 4. The molecule has 11 atom stereocenters. The molecule has 0 saturated carbocycles. The van der Waals surface area contributed by atoms with Crippen LogP contribution in [0.25, 0.3) is 0 Å². The third-order valence-electron chi connectivity index (χ3n) is 8.89. The van der Waals surface area contributed by atoms with Crippen LogP contribution in [0.2, 0.25) is 0 Å². The molecule has 204 valence electrons. The summed E-state index contributed by atoms with van der Waals surface area (Å²) in [7, 11) is -0.143. The molecule has 0 aromatic carbocycles. The van der Waals surface area contributed by atoms with E-state index in [2.05, 4.69) is 41.5 Å². The normalized spacial score (nSPS) is 44.5. The molecular formula is C26H43O7P3. The first-order valence-electron chi connectivity index (χ1n) is 13.7. The van der Waals surface area contributed by atoms with E-state index in [0.717, 1.165) is 25.7 Å². The highest BCUT2D eigenvalue weighted by molar-refractivity contribution is 7.29. The summed E-state index contributed by atoms with van der Waals surface area (Å²) in [6.07, 6.45) is 4.54. The number of rotatable bonds is 10. The number of hydrogen-bond donors (Lipinski definition) is 0. The highest BCUT2D eigenvalue weighted by atomic mass is 31.1. The first kappa shape index (κ1) is 29.1. The lowest BCUT2D eigenvalue weighted by atomic mass is 9.77. The van der Waals surface area contributed by atoms with Crippen molar-refractivity contribution in [2.45, 2.75) is 133 Å². The summed E-state index contributed by atoms with van der Waals surface area (Å²) in [6, 6.07) is 0. The third-order valence-corrected chi connectivity index (χ3v) is 11.3. The molecule has 4 saturated heterocycles. The summed E-state index contributed by atoms with van der Waals surface area (Å²) < 4.78 is 61.4. The topological polar surface area (TPSA) is 88.1 Å². The molecule has 1 spiro atoms. The maximum absolute atomic E-state index is 12.0. The van der Waals surface area contributed by atoms with Crippen LogP contribution in [0.1, 0.15) is 80.1 Å². The van der Waals surface area contributed by atoms with Crippen LogP contribution >= 0.6 is 25.4 Å². The third kappa shape index (κ3) is 5.84. The van der Waals surface area contributed by atoms with E-state index in [4.69, 9.17) is 18.9 Å². The quantitative estimate of drug-likeness (QED) is 0.268. The predicted molar refractivity (Wildman–Crippen MR) is 140 cm³/mol. The van der Waals surface area contributed by atoms with Gasteiger partial charge in [0.15, 0.2) is 31.2 Å². The van der Waals surface area contributed by atoms with Crippen LogP contribution in [0.3, 0.4) is 0 Å². The van der Waals surface area contributed by atoms with Crippen molar-refractivity contribution in [1.29, 1.82) is 0 Å². The summed E-state index contributed by atoms with van der Waals surface area (Å²) >= 11 is 0. The van der Waals surface area contributed by atoms with Gasteiger partial charge in [0.05, 0.1) is 47.4 Å². The van der Waals surface area contributed by atoms with Crippen molar-refractivity contribution in [3.63, 3.8) is 0 Å². The van der Waals surface area contributed by atoms with Crippen molar-refractivity contribution in [3.05, 3.63) is 0 Å². The molecular weight excluding hydrogens is 517 g/mol. The van der Waals surface area contributed by atoms with Crippen LogP contribution in [0.4, 0.5) is 0 Å². The number of fused-ring (bicyclic) bond motifs is 2. The minimum absolute atomic E-state index is 0.0211. The van der Waals surface area contributed by atoms with E-state index in [-0.39, 0.29) is 84.9 Å². The molecule has 4 aliphatic heterocycles. The van der Waals surface area contributed by atoms with Gasteiger partial charge in [-0.25, -0.2) is 0 Å². The van der Waals surface area contributed by atoms with Gasteiger partial charge in [-0.2, -0.15) is 0 Å². The molecule has 4 fully saturated rings. The van der Waals surface area contributed by atoms with Crippen molar-refractivity contribution in [3.8, 4) is 0 Å². The Morgan fingerprint density at radius 1 is 0.861 bits per heavy atom. The van der Waals surface area contributed by atoms with Gasteiger partial charge in [-0.1, -0.05) is 41.5 Å². The summed E-state index contributed by atoms with van der Waals surface area (Å²) in [4.78, 5) is 0. The van der Waals surface area contributed by atoms with Gasteiger partial charge >= 0.3 is 0 Å². The van der Waals surface area contributed by atoms with Gasteiger partial charge in [0.1, 0.15) is 0 Å². The molecule has 36 heavy (non-hydrogen) atoms. The largest absolute Gasteiger partial charge is 0.371 e. The summed E-state index contributed by atoms with van der Waals surface area (Å²) in [6.45, 7) is 13.5. The maximum atomic E-state index is 12.0. The molecule has 0 aromatic heterocycles. The molecule has 4 heterocycles. The zero-order valence-corrected chi connectivity index (χ0v) is 25.2. The summed E-state index contributed by atoms with van der Waals surface area (Å²) in [5, 5.41) is 0. The zero-order valence-electron chi connectivity index (χ0n) is 22.5. The van der Waals surface area contributed by atoms with Gasteiger partial charge in [0.25, 0.3) is 0 Å². The average molecular weight is 561 g/mol. The lowest BCUT2D eigenvalue weighted by Gasteiger charge is -2.51. The Bertz CT molecular complexity index is 812. The Balaban J connectivity index is 1.47. The molecule has 0 aromatic rings. The monoisotopic (exact) mass is 560 g/mol. The Morgan fingerprint density at radius 2 is 1.53 bits per heavy atom. The van der Waals surface area contributed by atoms with E-state index in [1.165, 1.54) is 0 Å². The van der Waals surface area contributed by atoms with Crippen LogP contribution in [0.15, 0.2) is 0 Å². The molecule has 7 nitrogen and oxygen atoms in total. The molecule has 0 aliphatic carbocycles. The fraction of sp³-hybridized carbons (Fsp3) is 1.00. The molecule has 0 N–H and O–H groups in total. The Kier molecular flexibility index (Phi) is 9.48. The van der Waals surface area contributed by atoms with E-state index in [1.54, 1.807) is 0 Å². The fourth-order valence-electron chi connectivity index (χ4n) is 7.29. The van der Waals surface area contributed by atoms with Crippen LogP contribution in [-0.2, 0) is 32.6 Å². The fourth-order valence-corrected chi connectivity index (χ4v) is 9.23. The molecule has 0 bridgehead atoms. The predicted octanol–water partition coefficient (Wildman–Crippen LogP) is 6.92. The van der Waals surface area contributed by atoms with Gasteiger partial charge in [-0.3, -0.25) is 13.7 Å². The van der Waals surface area contributed by atoms with Gasteiger partial charge < -0.3 is 18.9 Å². The smallest absolute Gasteiger partial charge is 0.170 e. The average Bonchev–Trinajstić information content (AvgIpc) is 3.38. The van der Waals surface area contributed by atoms with Crippen molar-refractivity contribution < 1.29 is 32.6 Å². The molecule has 0 amide bonds. The van der Waals surface area contributed by atoms with E-state index in [9.17, 15) is 13.7 Å². The van der Waals surface area contributed by atoms with Crippen LogP contribution in [-0.4, -0.2) is 59.4 Å². The van der Waals surface area contributed by atoms with Gasteiger partial charge in [-0.15, -0.1) is 0 Å². The van der Waals surface area contributed by atoms with E-state index in [1.807, 2.05) is 0 Å². The summed E-state index contributed by atoms with van der Waals surface area (Å²) in [5.74, 6) is 0.893. The second-order valence-electron chi connectivity index (χ2n) is 12.5. The maximum Gasteiger partial charge on any atom is 0.170 e. The molecule has 0 unspecified atom stereocenters. The van der Waals surface area contributed by atoms with Gasteiger partial charge in [-0.05, 0) is 36.5 Å². The van der Waals surface area contributed by atoms with Crippen LogP contribution in [0.5, 0.6) is 0 Å². The second-order valence-corrected chi connectivity index (χ2v) is 15.0. The Morgan fingerprint density at radius 3 is 2.11 bits per heavy atom. The van der Waals surface area contributed by atoms with Crippen molar-refractivity contribution in [2.24, 2.45) is 23.7 Å². The van der Waals surface area contributed by atoms with E-state index < -0.39 is 5.79 Å². The first-order valence-corrected chi connectivity index (χ1v) is 16.4. The highest BCUT2D eigenvalue weighted by Crippen LogP contribution is 2.54. The lowest BCUT2D eigenvalue weighted by Crippen LogP contribution is -2.58. The molecule has 0 radical (unpaired) electrons. The van der Waals surface area contributed by atoms with Crippen molar-refractivity contribution in [1.82, 2.24) is 0 Å². The molecule has 4 rings (SSSR count). The van der Waals surface area contributed by atoms with Gasteiger partial charge in [0.2, 0.25) is 0 Å². The lowest BCUT2D eigenvalue weighted by molar-refractivity contribution is -0.346. The van der Waals surface area contributed by atoms with Gasteiger partial charge in [0, 0.05) is 31.8 Å². The molecule has 4 aliphatic rings. The first-order chi connectivity index (χ1) is 17.0. The SMILES string of the molecule is CC(C)C[C@@]1(C(C)C)C[C@@H]2O[C@]3(C[C@H](C)[C@@H]4O[C@H]([C@H](C[C@H](CP=O)P=O)P=O)C[C@@H]4O3)C[C@H](C)[C@@H]2O1. The van der Waals surface area contributed by atoms with Crippen LogP contribution < -0.4 is 0 Å². The van der Waals surface area contributed by atoms with Crippen molar-refractivity contribution >= 4 is 25.4 Å². The van der Waals surface area contributed by atoms with Crippen LogP contribution in [0, 0.1) is 23.7 Å².